The summed E-state index contributed by atoms with van der Waals surface area (Å²) in [6, 6.07) is 26.3. The van der Waals surface area contributed by atoms with Crippen molar-refractivity contribution in [1.82, 2.24) is 14.5 Å². The van der Waals surface area contributed by atoms with Gasteiger partial charge < -0.3 is 4.74 Å². The van der Waals surface area contributed by atoms with Crippen LogP contribution in [0.2, 0.25) is 10.0 Å². The minimum absolute atomic E-state index is 0. The first-order chi connectivity index (χ1) is 17.0. The van der Waals surface area contributed by atoms with E-state index in [1.54, 1.807) is 0 Å². The minimum Gasteiger partial charge on any atom is -0.379 e. The number of morpholine rings is 1. The molecule has 1 atom stereocenters. The fraction of sp³-hybridized carbons (Fsp3) is 0.222. The number of para-hydroxylation sites is 1. The zero-order valence-electron chi connectivity index (χ0n) is 20.1. The number of hydrogen-bond donors (Lipinski definition) is 0. The van der Waals surface area contributed by atoms with Crippen molar-refractivity contribution in [2.75, 3.05) is 26.3 Å². The lowest BCUT2D eigenvalue weighted by atomic mass is 10.3. The quantitative estimate of drug-likeness (QED) is 0.248. The summed E-state index contributed by atoms with van der Waals surface area (Å²) >= 11 is 13.4. The third-order valence-electron chi connectivity index (χ3n) is 6.26. The van der Waals surface area contributed by atoms with Gasteiger partial charge in [-0.05, 0) is 38.1 Å². The highest BCUT2D eigenvalue weighted by Gasteiger charge is 2.38. The second-order valence-corrected chi connectivity index (χ2v) is 12.2. The molecule has 0 bridgehead atoms. The molecule has 1 aliphatic rings. The average Bonchev–Trinajstić information content (AvgIpc) is 3.20. The van der Waals surface area contributed by atoms with Crippen molar-refractivity contribution in [3.05, 3.63) is 100 Å². The highest BCUT2D eigenvalue weighted by atomic mass is 35.5. The Morgan fingerprint density at radius 2 is 1.42 bits per heavy atom. The van der Waals surface area contributed by atoms with E-state index in [0.717, 1.165) is 40.8 Å². The summed E-state index contributed by atoms with van der Waals surface area (Å²) in [7, 11) is -2.60. The van der Waals surface area contributed by atoms with Gasteiger partial charge in [-0.25, -0.2) is 9.43 Å². The molecule has 0 radical (unpaired) electrons. The number of hydrogen-bond acceptors (Lipinski definition) is 3. The largest absolute Gasteiger partial charge is 0.379 e. The Labute approximate surface area is 228 Å². The van der Waals surface area contributed by atoms with Crippen LogP contribution in [0, 0.1) is 13.8 Å². The lowest BCUT2D eigenvalue weighted by Gasteiger charge is -2.39. The van der Waals surface area contributed by atoms with Crippen molar-refractivity contribution in [1.29, 1.82) is 0 Å². The second-order valence-electron chi connectivity index (χ2n) is 8.44. The van der Waals surface area contributed by atoms with Crippen molar-refractivity contribution in [3.8, 4) is 5.69 Å². The van der Waals surface area contributed by atoms with Gasteiger partial charge in [0.1, 0.15) is 5.69 Å². The molecule has 1 fully saturated rings. The van der Waals surface area contributed by atoms with Crippen LogP contribution in [0.25, 0.3) is 5.69 Å². The van der Waals surface area contributed by atoms with Crippen molar-refractivity contribution in [2.24, 2.45) is 4.74 Å². The number of halogens is 3. The van der Waals surface area contributed by atoms with E-state index in [9.17, 15) is 0 Å². The number of rotatable bonds is 5. The molecule has 0 amide bonds. The molecule has 36 heavy (non-hydrogen) atoms. The minimum atomic E-state index is -2.60. The van der Waals surface area contributed by atoms with E-state index in [4.69, 9.17) is 37.8 Å². The lowest BCUT2D eigenvalue weighted by Crippen LogP contribution is -2.41. The Bertz CT molecular complexity index is 1370. The molecule has 1 aliphatic heterocycles. The van der Waals surface area contributed by atoms with E-state index in [2.05, 4.69) is 54.9 Å². The third-order valence-corrected chi connectivity index (χ3v) is 10.9. The molecular formula is C27H28Cl3N4OP. The number of benzene rings is 3. The van der Waals surface area contributed by atoms with Crippen LogP contribution >= 0.6 is 42.8 Å². The summed E-state index contributed by atoms with van der Waals surface area (Å²) in [6.45, 7) is 7.00. The molecular weight excluding hydrogens is 534 g/mol. The Morgan fingerprint density at radius 3 is 2.03 bits per heavy atom. The van der Waals surface area contributed by atoms with Crippen LogP contribution in [-0.2, 0) is 4.74 Å². The first-order valence-electron chi connectivity index (χ1n) is 11.6. The number of aromatic nitrogens is 2. The smallest absolute Gasteiger partial charge is 0.101 e. The van der Waals surface area contributed by atoms with Gasteiger partial charge in [0, 0.05) is 18.4 Å². The van der Waals surface area contributed by atoms with E-state index in [1.165, 1.54) is 0 Å². The normalized spacial score (nSPS) is 15.7. The van der Waals surface area contributed by atoms with Gasteiger partial charge in [0.2, 0.25) is 0 Å². The molecule has 1 saturated heterocycles. The Morgan fingerprint density at radius 1 is 0.833 bits per heavy atom. The lowest BCUT2D eigenvalue weighted by molar-refractivity contribution is 0.0750. The van der Waals surface area contributed by atoms with E-state index >= 15 is 0 Å². The summed E-state index contributed by atoms with van der Waals surface area (Å²) in [5.41, 5.74) is 3.64. The maximum Gasteiger partial charge on any atom is 0.101 e. The van der Waals surface area contributed by atoms with Crippen molar-refractivity contribution in [2.45, 2.75) is 13.8 Å². The molecule has 0 saturated carbocycles. The number of nitrogens with zero attached hydrogens (tertiary/aromatic N) is 4. The number of aryl methyl sites for hydroxylation is 1. The topological polar surface area (TPSA) is 42.7 Å². The summed E-state index contributed by atoms with van der Waals surface area (Å²) in [5.74, 6) is 0. The summed E-state index contributed by atoms with van der Waals surface area (Å²) in [4.78, 5) is 0. The average molecular weight is 562 g/mol. The predicted octanol–water partition coefficient (Wildman–Crippen LogP) is 6.95. The highest BCUT2D eigenvalue weighted by molar-refractivity contribution is 7.79. The van der Waals surface area contributed by atoms with Crippen LogP contribution < -0.4 is 10.6 Å². The SMILES string of the molecule is Cc1nn(-c2ccccc2)c(C)c1P(=Nc1c(Cl)cccc1Cl)(c1ccccc1)N1CCOCC1.Cl. The van der Waals surface area contributed by atoms with Gasteiger partial charge in [-0.15, -0.1) is 12.4 Å². The van der Waals surface area contributed by atoms with Crippen LogP contribution in [-0.4, -0.2) is 40.8 Å². The van der Waals surface area contributed by atoms with Gasteiger partial charge in [0.05, 0.1) is 52.8 Å². The summed E-state index contributed by atoms with van der Waals surface area (Å²) in [6.07, 6.45) is 0. The Kier molecular flexibility index (Phi) is 8.62. The zero-order chi connectivity index (χ0) is 24.4. The van der Waals surface area contributed by atoms with Gasteiger partial charge in [0.15, 0.2) is 0 Å². The molecule has 5 rings (SSSR count). The maximum absolute atomic E-state index is 6.71. The van der Waals surface area contributed by atoms with Crippen LogP contribution in [0.15, 0.2) is 83.6 Å². The molecule has 1 aromatic heterocycles. The molecule has 5 nitrogen and oxygen atoms in total. The third kappa shape index (κ3) is 4.89. The van der Waals surface area contributed by atoms with Crippen LogP contribution in [0.3, 0.4) is 0 Å². The molecule has 0 N–H and O–H groups in total. The fourth-order valence-corrected chi connectivity index (χ4v) is 9.41. The summed E-state index contributed by atoms with van der Waals surface area (Å²) in [5, 5.41) is 8.36. The van der Waals surface area contributed by atoms with Crippen molar-refractivity contribution < 1.29 is 4.74 Å². The van der Waals surface area contributed by atoms with E-state index in [1.807, 2.05) is 47.1 Å². The first-order valence-corrected chi connectivity index (χ1v) is 14.0. The zero-order valence-corrected chi connectivity index (χ0v) is 23.4. The van der Waals surface area contributed by atoms with Gasteiger partial charge in [0.25, 0.3) is 0 Å². The molecule has 0 aliphatic carbocycles. The second kappa shape index (κ2) is 11.5. The van der Waals surface area contributed by atoms with Crippen molar-refractivity contribution >= 4 is 59.1 Å². The predicted molar refractivity (Wildman–Crippen MR) is 154 cm³/mol. The molecule has 2 heterocycles. The summed E-state index contributed by atoms with van der Waals surface area (Å²) < 4.78 is 15.8. The van der Waals surface area contributed by atoms with Crippen LogP contribution in [0.1, 0.15) is 11.4 Å². The van der Waals surface area contributed by atoms with Gasteiger partial charge in [-0.1, -0.05) is 77.8 Å². The van der Waals surface area contributed by atoms with Crippen LogP contribution in [0.5, 0.6) is 0 Å². The number of ether oxygens (including phenoxy) is 1. The maximum atomic E-state index is 6.71. The van der Waals surface area contributed by atoms with Gasteiger partial charge >= 0.3 is 0 Å². The molecule has 3 aromatic carbocycles. The van der Waals surface area contributed by atoms with Crippen LogP contribution in [0.4, 0.5) is 5.69 Å². The highest BCUT2D eigenvalue weighted by Crippen LogP contribution is 2.56. The first kappa shape index (κ1) is 26.9. The molecule has 9 heteroatoms. The molecule has 4 aromatic rings. The fourth-order valence-electron chi connectivity index (χ4n) is 4.72. The van der Waals surface area contributed by atoms with Gasteiger partial charge in [-0.3, -0.25) is 4.67 Å². The molecule has 1 unspecified atom stereocenters. The Hall–Kier alpha value is -2.11. The molecule has 0 spiro atoms. The van der Waals surface area contributed by atoms with E-state index in [-0.39, 0.29) is 12.4 Å². The van der Waals surface area contributed by atoms with Gasteiger partial charge in [-0.2, -0.15) is 5.10 Å². The standard InChI is InChI=1S/C27H27Cl2N4OP.ClH/c1-20-27(21(2)33(30-20)22-10-5-3-6-11-22)35(23-12-7-4-8-13-23,32-16-18-34-19-17-32)31-26-24(28)14-9-15-25(26)29;/h3-15H,16-19H2,1-2H3;1H. The Balaban J connectivity index is 0.00000304. The van der Waals surface area contributed by atoms with E-state index in [0.29, 0.717) is 28.9 Å². The van der Waals surface area contributed by atoms with Crippen molar-refractivity contribution in [3.63, 3.8) is 0 Å². The monoisotopic (exact) mass is 560 g/mol. The molecule has 188 valence electrons. The van der Waals surface area contributed by atoms with E-state index < -0.39 is 7.21 Å².